The predicted molar refractivity (Wildman–Crippen MR) is 83.8 cm³/mol. The van der Waals surface area contributed by atoms with Crippen molar-refractivity contribution in [3.05, 3.63) is 70.8 Å². The van der Waals surface area contributed by atoms with Gasteiger partial charge in [0, 0.05) is 18.0 Å². The highest BCUT2D eigenvalue weighted by atomic mass is 19.4. The zero-order valence-electron chi connectivity index (χ0n) is 12.3. The molecular weight excluding hydrogens is 303 g/mol. The number of para-hydroxylation sites is 1. The minimum atomic E-state index is -4.34. The number of fused-ring (bicyclic) bond motifs is 1. The number of hydrogen-bond donors (Lipinski definition) is 2. The van der Waals surface area contributed by atoms with Crippen molar-refractivity contribution >= 4 is 11.4 Å². The molecule has 1 aliphatic rings. The molecule has 0 fully saturated rings. The maximum atomic E-state index is 12.7. The fourth-order valence-corrected chi connectivity index (χ4v) is 2.79. The Bertz CT molecular complexity index is 733. The van der Waals surface area contributed by atoms with Gasteiger partial charge in [0.15, 0.2) is 0 Å². The van der Waals surface area contributed by atoms with Gasteiger partial charge in [0.05, 0.1) is 5.56 Å². The smallest absolute Gasteiger partial charge is 0.396 e. The van der Waals surface area contributed by atoms with Crippen LogP contribution in [0.1, 0.15) is 23.1 Å². The second-order valence-corrected chi connectivity index (χ2v) is 5.49. The molecular formula is C18H16F3NO. The minimum Gasteiger partial charge on any atom is -0.396 e. The third kappa shape index (κ3) is 3.24. The number of rotatable bonds is 3. The van der Waals surface area contributed by atoms with E-state index in [1.165, 1.54) is 12.1 Å². The molecule has 0 amide bonds. The summed E-state index contributed by atoms with van der Waals surface area (Å²) in [5.74, 6) is 0. The third-order valence-corrected chi connectivity index (χ3v) is 3.95. The van der Waals surface area contributed by atoms with Crippen LogP contribution < -0.4 is 5.32 Å². The molecule has 0 aromatic heterocycles. The average Bonchev–Trinajstić information content (AvgIpc) is 2.54. The molecule has 23 heavy (non-hydrogen) atoms. The number of benzene rings is 2. The van der Waals surface area contributed by atoms with E-state index >= 15 is 0 Å². The van der Waals surface area contributed by atoms with E-state index in [9.17, 15) is 18.3 Å². The fraction of sp³-hybridized carbons (Fsp3) is 0.222. The van der Waals surface area contributed by atoms with Gasteiger partial charge in [-0.15, -0.1) is 0 Å². The summed E-state index contributed by atoms with van der Waals surface area (Å²) >= 11 is 0. The van der Waals surface area contributed by atoms with E-state index in [1.807, 2.05) is 24.3 Å². The number of aliphatic hydroxyl groups is 1. The van der Waals surface area contributed by atoms with Crippen LogP contribution in [-0.2, 0) is 12.6 Å². The van der Waals surface area contributed by atoms with Crippen molar-refractivity contribution in [3.8, 4) is 0 Å². The number of alkyl halides is 3. The van der Waals surface area contributed by atoms with Crippen LogP contribution in [0, 0.1) is 0 Å². The fourth-order valence-electron chi connectivity index (χ4n) is 2.79. The normalized spacial score (nSPS) is 14.4. The number of nitrogens with one attached hydrogen (secondary N) is 1. The maximum absolute atomic E-state index is 12.7. The van der Waals surface area contributed by atoms with E-state index < -0.39 is 11.7 Å². The number of halogens is 3. The van der Waals surface area contributed by atoms with E-state index in [2.05, 4.69) is 5.32 Å². The largest absolute Gasteiger partial charge is 0.416 e. The maximum Gasteiger partial charge on any atom is 0.416 e. The summed E-state index contributed by atoms with van der Waals surface area (Å²) in [6, 6.07) is 12.9. The average molecular weight is 319 g/mol. The number of hydrogen-bond acceptors (Lipinski definition) is 2. The standard InChI is InChI=1S/C18H16F3NO/c19-18(20,21)15-7-5-12(6-8-15)17-14(9-10-23)11-13-3-1-2-4-16(13)22-17/h1-8,22-23H,9-11H2. The van der Waals surface area contributed by atoms with Gasteiger partial charge in [-0.25, -0.2) is 0 Å². The van der Waals surface area contributed by atoms with Crippen LogP contribution in [0.15, 0.2) is 54.1 Å². The molecule has 2 aromatic rings. The van der Waals surface area contributed by atoms with Gasteiger partial charge in [-0.05, 0) is 47.7 Å². The summed E-state index contributed by atoms with van der Waals surface area (Å²) in [4.78, 5) is 0. The lowest BCUT2D eigenvalue weighted by atomic mass is 9.92. The Kier molecular flexibility index (Phi) is 4.13. The Morgan fingerprint density at radius 3 is 2.35 bits per heavy atom. The van der Waals surface area contributed by atoms with Crippen LogP contribution in [0.2, 0.25) is 0 Å². The van der Waals surface area contributed by atoms with Gasteiger partial charge in [0.2, 0.25) is 0 Å². The van der Waals surface area contributed by atoms with E-state index in [-0.39, 0.29) is 6.61 Å². The molecule has 5 heteroatoms. The van der Waals surface area contributed by atoms with Gasteiger partial charge in [-0.2, -0.15) is 13.2 Å². The van der Waals surface area contributed by atoms with Gasteiger partial charge in [-0.3, -0.25) is 0 Å². The lowest BCUT2D eigenvalue weighted by Gasteiger charge is -2.25. The molecule has 120 valence electrons. The van der Waals surface area contributed by atoms with Crippen molar-refractivity contribution in [3.63, 3.8) is 0 Å². The zero-order valence-corrected chi connectivity index (χ0v) is 12.3. The van der Waals surface area contributed by atoms with E-state index in [0.717, 1.165) is 34.7 Å². The predicted octanol–water partition coefficient (Wildman–Crippen LogP) is 4.47. The molecule has 0 aliphatic carbocycles. The van der Waals surface area contributed by atoms with Gasteiger partial charge < -0.3 is 10.4 Å². The molecule has 2 aromatic carbocycles. The third-order valence-electron chi connectivity index (χ3n) is 3.95. The van der Waals surface area contributed by atoms with Gasteiger partial charge in [-0.1, -0.05) is 30.3 Å². The molecule has 2 N–H and O–H groups in total. The topological polar surface area (TPSA) is 32.3 Å². The first kappa shape index (κ1) is 15.6. The molecule has 0 unspecified atom stereocenters. The minimum absolute atomic E-state index is 0.00329. The summed E-state index contributed by atoms with van der Waals surface area (Å²) in [6.07, 6.45) is -3.18. The first-order valence-corrected chi connectivity index (χ1v) is 7.34. The summed E-state index contributed by atoms with van der Waals surface area (Å²) in [5.41, 5.74) is 3.87. The van der Waals surface area contributed by atoms with Crippen LogP contribution >= 0.6 is 0 Å². The molecule has 3 rings (SSSR count). The molecule has 1 heterocycles. The van der Waals surface area contributed by atoms with E-state index in [0.29, 0.717) is 18.4 Å². The monoisotopic (exact) mass is 319 g/mol. The van der Waals surface area contributed by atoms with Gasteiger partial charge in [0.1, 0.15) is 0 Å². The van der Waals surface area contributed by atoms with Crippen LogP contribution in [0.4, 0.5) is 18.9 Å². The Morgan fingerprint density at radius 2 is 1.70 bits per heavy atom. The number of aliphatic hydroxyl groups excluding tert-OH is 1. The lowest BCUT2D eigenvalue weighted by molar-refractivity contribution is -0.137. The summed E-state index contributed by atoms with van der Waals surface area (Å²) in [6.45, 7) is 0.00329. The Morgan fingerprint density at radius 1 is 1.00 bits per heavy atom. The zero-order chi connectivity index (χ0) is 16.4. The highest BCUT2D eigenvalue weighted by Gasteiger charge is 2.30. The van der Waals surface area contributed by atoms with Gasteiger partial charge >= 0.3 is 6.18 Å². The quantitative estimate of drug-likeness (QED) is 0.875. The lowest BCUT2D eigenvalue weighted by Crippen LogP contribution is -2.13. The van der Waals surface area contributed by atoms with Crippen molar-refractivity contribution in [1.82, 2.24) is 0 Å². The first-order valence-electron chi connectivity index (χ1n) is 7.34. The summed E-state index contributed by atoms with van der Waals surface area (Å²) < 4.78 is 38.1. The van der Waals surface area contributed by atoms with Crippen molar-refractivity contribution in [2.24, 2.45) is 0 Å². The van der Waals surface area contributed by atoms with Crippen LogP contribution in [-0.4, -0.2) is 11.7 Å². The van der Waals surface area contributed by atoms with Crippen LogP contribution in [0.3, 0.4) is 0 Å². The molecule has 1 aliphatic heterocycles. The molecule has 0 bridgehead atoms. The molecule has 0 saturated carbocycles. The summed E-state index contributed by atoms with van der Waals surface area (Å²) in [7, 11) is 0. The Labute approximate surface area is 132 Å². The van der Waals surface area contributed by atoms with Crippen molar-refractivity contribution in [1.29, 1.82) is 0 Å². The Hall–Kier alpha value is -2.27. The highest BCUT2D eigenvalue weighted by Crippen LogP contribution is 2.35. The number of anilines is 1. The van der Waals surface area contributed by atoms with Crippen molar-refractivity contribution < 1.29 is 18.3 Å². The summed E-state index contributed by atoms with van der Waals surface area (Å²) in [5, 5.41) is 12.6. The second-order valence-electron chi connectivity index (χ2n) is 5.49. The van der Waals surface area contributed by atoms with Gasteiger partial charge in [0.25, 0.3) is 0 Å². The van der Waals surface area contributed by atoms with E-state index in [4.69, 9.17) is 0 Å². The van der Waals surface area contributed by atoms with Crippen LogP contribution in [0.25, 0.3) is 5.70 Å². The molecule has 0 radical (unpaired) electrons. The molecule has 0 spiro atoms. The van der Waals surface area contributed by atoms with Crippen LogP contribution in [0.5, 0.6) is 0 Å². The molecule has 2 nitrogen and oxygen atoms in total. The first-order chi connectivity index (χ1) is 11.0. The Balaban J connectivity index is 1.98. The van der Waals surface area contributed by atoms with Crippen molar-refractivity contribution in [2.75, 3.05) is 11.9 Å². The molecule has 0 saturated heterocycles. The SMILES string of the molecule is OCCC1=C(c2ccc(C(F)(F)F)cc2)Nc2ccccc2C1. The molecule has 0 atom stereocenters. The van der Waals surface area contributed by atoms with E-state index in [1.54, 1.807) is 0 Å². The van der Waals surface area contributed by atoms with Crippen molar-refractivity contribution in [2.45, 2.75) is 19.0 Å². The second kappa shape index (κ2) is 6.08. The highest BCUT2D eigenvalue weighted by molar-refractivity contribution is 5.83.